The van der Waals surface area contributed by atoms with Crippen molar-refractivity contribution in [3.8, 4) is 17.4 Å². The summed E-state index contributed by atoms with van der Waals surface area (Å²) >= 11 is 5.81. The van der Waals surface area contributed by atoms with Crippen LogP contribution in [0.15, 0.2) is 30.5 Å². The van der Waals surface area contributed by atoms with Gasteiger partial charge in [0.1, 0.15) is 29.5 Å². The Morgan fingerprint density at radius 3 is 2.60 bits per heavy atom. The fourth-order valence-corrected chi connectivity index (χ4v) is 5.67. The van der Waals surface area contributed by atoms with E-state index in [0.717, 1.165) is 18.7 Å². The van der Waals surface area contributed by atoms with Crippen LogP contribution in [0.2, 0.25) is 5.02 Å². The van der Waals surface area contributed by atoms with Gasteiger partial charge in [0, 0.05) is 42.9 Å². The average molecular weight is 692 g/mol. The van der Waals surface area contributed by atoms with Crippen LogP contribution in [0.4, 0.5) is 27.9 Å². The number of nitrogens with one attached hydrogen (secondary N) is 1. The third-order valence-electron chi connectivity index (χ3n) is 8.22. The van der Waals surface area contributed by atoms with E-state index in [-0.39, 0.29) is 52.7 Å². The fourth-order valence-electron chi connectivity index (χ4n) is 5.51. The number of halogens is 6. The molecule has 48 heavy (non-hydrogen) atoms. The molecule has 5 aromatic rings. The molecule has 0 bridgehead atoms. The number of nitrogens with zero attached hydrogens (tertiary/aromatic N) is 10. The SMILES string of the molecule is C[C@H]1CN(c2ncc(F)c(OCc3ccc(Cl)cc3F)n2)CCN1Cc1nc2cc(-c3nnc(C(F)(F)F)[nH]3)nnc2n1C[C@@H]1CCO1. The Kier molecular flexibility index (Phi) is 8.55. The monoisotopic (exact) mass is 691 g/mol. The van der Waals surface area contributed by atoms with Crippen molar-refractivity contribution in [3.63, 3.8) is 0 Å². The van der Waals surface area contributed by atoms with Crippen LogP contribution in [0.1, 0.15) is 30.6 Å². The molecule has 2 atom stereocenters. The Morgan fingerprint density at radius 2 is 1.90 bits per heavy atom. The number of rotatable bonds is 9. The summed E-state index contributed by atoms with van der Waals surface area (Å²) in [4.78, 5) is 19.5. The van der Waals surface area contributed by atoms with Crippen LogP contribution in [0.5, 0.6) is 5.88 Å². The molecule has 2 aliphatic heterocycles. The van der Waals surface area contributed by atoms with Gasteiger partial charge in [-0.05, 0) is 31.5 Å². The number of imidazole rings is 1. The molecule has 6 heterocycles. The summed E-state index contributed by atoms with van der Waals surface area (Å²) in [7, 11) is 0. The van der Waals surface area contributed by atoms with E-state index < -0.39 is 23.6 Å². The van der Waals surface area contributed by atoms with Crippen molar-refractivity contribution in [1.82, 2.24) is 49.8 Å². The largest absolute Gasteiger partial charge is 0.470 e. The first kappa shape index (κ1) is 32.0. The molecule has 7 rings (SSSR count). The molecule has 0 radical (unpaired) electrons. The van der Waals surface area contributed by atoms with Gasteiger partial charge in [0.05, 0.1) is 25.4 Å². The van der Waals surface area contributed by atoms with Crippen LogP contribution in [0.25, 0.3) is 22.7 Å². The highest BCUT2D eigenvalue weighted by Crippen LogP contribution is 2.29. The summed E-state index contributed by atoms with van der Waals surface area (Å²) in [6.07, 6.45) is -2.81. The number of benzene rings is 1. The Morgan fingerprint density at radius 1 is 1.06 bits per heavy atom. The summed E-state index contributed by atoms with van der Waals surface area (Å²) in [5.41, 5.74) is 1.18. The highest BCUT2D eigenvalue weighted by atomic mass is 35.5. The van der Waals surface area contributed by atoms with Gasteiger partial charge in [-0.2, -0.15) is 22.5 Å². The summed E-state index contributed by atoms with van der Waals surface area (Å²) in [5, 5.41) is 15.4. The molecule has 2 saturated heterocycles. The van der Waals surface area contributed by atoms with Gasteiger partial charge in [0.25, 0.3) is 5.88 Å². The highest BCUT2D eigenvalue weighted by molar-refractivity contribution is 6.30. The van der Waals surface area contributed by atoms with E-state index in [9.17, 15) is 22.0 Å². The lowest BCUT2D eigenvalue weighted by molar-refractivity contribution is -0.144. The Balaban J connectivity index is 1.07. The first-order valence-corrected chi connectivity index (χ1v) is 15.3. The predicted octanol–water partition coefficient (Wildman–Crippen LogP) is 4.43. The normalized spacial score (nSPS) is 18.8. The maximum atomic E-state index is 14.5. The van der Waals surface area contributed by atoms with Crippen molar-refractivity contribution in [2.24, 2.45) is 0 Å². The van der Waals surface area contributed by atoms with Crippen molar-refractivity contribution in [1.29, 1.82) is 0 Å². The van der Waals surface area contributed by atoms with Crippen molar-refractivity contribution in [2.75, 3.05) is 31.1 Å². The molecule has 0 saturated carbocycles. The molecule has 1 N–H and O–H groups in total. The van der Waals surface area contributed by atoms with Gasteiger partial charge in [-0.25, -0.2) is 14.4 Å². The molecule has 13 nitrogen and oxygen atoms in total. The number of aromatic nitrogens is 9. The van der Waals surface area contributed by atoms with Crippen LogP contribution < -0.4 is 9.64 Å². The second-order valence-electron chi connectivity index (χ2n) is 11.5. The van der Waals surface area contributed by atoms with Gasteiger partial charge >= 0.3 is 6.18 Å². The van der Waals surface area contributed by atoms with Crippen molar-refractivity contribution in [2.45, 2.75) is 51.4 Å². The number of anilines is 1. The van der Waals surface area contributed by atoms with E-state index in [1.165, 1.54) is 18.2 Å². The molecule has 252 valence electrons. The number of hydrogen-bond acceptors (Lipinski definition) is 11. The van der Waals surface area contributed by atoms with Crippen LogP contribution in [0, 0.1) is 11.6 Å². The summed E-state index contributed by atoms with van der Waals surface area (Å²) in [5.74, 6) is -2.09. The highest BCUT2D eigenvalue weighted by Gasteiger charge is 2.36. The minimum atomic E-state index is -4.68. The van der Waals surface area contributed by atoms with Crippen LogP contribution >= 0.6 is 11.6 Å². The zero-order valence-corrected chi connectivity index (χ0v) is 26.0. The number of aromatic amines is 1. The van der Waals surface area contributed by atoms with E-state index in [2.05, 4.69) is 40.2 Å². The smallest absolute Gasteiger partial charge is 0.451 e. The number of fused-ring (bicyclic) bond motifs is 1. The zero-order valence-electron chi connectivity index (χ0n) is 25.3. The van der Waals surface area contributed by atoms with Crippen LogP contribution in [-0.4, -0.2) is 88.2 Å². The minimum Gasteiger partial charge on any atom is -0.470 e. The van der Waals surface area contributed by atoms with E-state index in [4.69, 9.17) is 26.1 Å². The first-order valence-electron chi connectivity index (χ1n) is 14.9. The molecule has 2 fully saturated rings. The quantitative estimate of drug-likeness (QED) is 0.220. The van der Waals surface area contributed by atoms with Gasteiger partial charge in [-0.3, -0.25) is 4.90 Å². The van der Waals surface area contributed by atoms with Crippen LogP contribution in [-0.2, 0) is 30.6 Å². The summed E-state index contributed by atoms with van der Waals surface area (Å²) in [6.45, 7) is 4.94. The Bertz CT molecular complexity index is 1950. The average Bonchev–Trinajstić information content (AvgIpc) is 3.65. The van der Waals surface area contributed by atoms with Gasteiger partial charge in [0.15, 0.2) is 11.5 Å². The molecule has 0 spiro atoms. The number of H-pyrrole nitrogens is 1. The molecule has 2 aliphatic rings. The molecular formula is C29H27ClF5N11O2. The molecule has 0 aliphatic carbocycles. The van der Waals surface area contributed by atoms with Gasteiger partial charge in [0.2, 0.25) is 17.6 Å². The lowest BCUT2D eigenvalue weighted by Gasteiger charge is -2.39. The Labute approximate surface area is 274 Å². The number of ether oxygens (including phenoxy) is 2. The maximum absolute atomic E-state index is 14.5. The molecule has 0 amide bonds. The fraction of sp³-hybridized carbons (Fsp3) is 0.414. The minimum absolute atomic E-state index is 0.0234. The third-order valence-corrected chi connectivity index (χ3v) is 8.46. The lowest BCUT2D eigenvalue weighted by Crippen LogP contribution is -2.52. The van der Waals surface area contributed by atoms with Gasteiger partial charge in [-0.1, -0.05) is 17.7 Å². The predicted molar refractivity (Wildman–Crippen MR) is 160 cm³/mol. The zero-order chi connectivity index (χ0) is 33.6. The molecule has 1 aromatic carbocycles. The van der Waals surface area contributed by atoms with Crippen molar-refractivity contribution < 1.29 is 31.4 Å². The molecule has 19 heteroatoms. The van der Waals surface area contributed by atoms with E-state index >= 15 is 0 Å². The molecule has 0 unspecified atom stereocenters. The van der Waals surface area contributed by atoms with Crippen LogP contribution in [0.3, 0.4) is 0 Å². The number of piperazine rings is 1. The third kappa shape index (κ3) is 6.59. The van der Waals surface area contributed by atoms with Crippen molar-refractivity contribution in [3.05, 3.63) is 64.3 Å². The van der Waals surface area contributed by atoms with E-state index in [1.807, 2.05) is 16.4 Å². The van der Waals surface area contributed by atoms with Crippen molar-refractivity contribution >= 4 is 28.7 Å². The Hall–Kier alpha value is -4.55. The van der Waals surface area contributed by atoms with Gasteiger partial charge in [-0.15, -0.1) is 20.4 Å². The summed E-state index contributed by atoms with van der Waals surface area (Å²) < 4.78 is 81.0. The lowest BCUT2D eigenvalue weighted by atomic mass is 10.2. The van der Waals surface area contributed by atoms with E-state index in [0.29, 0.717) is 56.3 Å². The molecule has 4 aromatic heterocycles. The second-order valence-corrected chi connectivity index (χ2v) is 11.9. The molecular weight excluding hydrogens is 665 g/mol. The number of hydrogen-bond donors (Lipinski definition) is 1. The summed E-state index contributed by atoms with van der Waals surface area (Å²) in [6, 6.07) is 5.63. The standard InChI is InChI=1S/C29H27ClF5N11O2/c1-15-11-45(28-36-10-20(32)26(39-28)48-14-16-2-3-17(30)8-19(16)31)6-5-44(15)13-23-37-22-9-21(24-38-27(43-41-24)29(33,34)35)40-42-25(22)46(23)12-18-4-7-47-18/h2-3,8-10,15,18H,4-7,11-14H2,1H3,(H,38,41,43)/t15-,18-/m0/s1. The topological polar surface area (TPSA) is 136 Å². The van der Waals surface area contributed by atoms with Gasteiger partial charge < -0.3 is 23.9 Å². The van der Waals surface area contributed by atoms with E-state index in [1.54, 1.807) is 0 Å². The maximum Gasteiger partial charge on any atom is 0.451 e. The first-order chi connectivity index (χ1) is 23.0. The second kappa shape index (κ2) is 12.8. The number of alkyl halides is 3.